The fraction of sp³-hybridized carbons (Fsp3) is 0.667. The highest BCUT2D eigenvalue weighted by Crippen LogP contribution is 2.22. The van der Waals surface area contributed by atoms with Crippen LogP contribution in [-0.4, -0.2) is 60.4 Å². The molecule has 0 aliphatic rings. The standard InChI is InChI=1S/C12H20ClFN2O4/c1-10(16(9-18)5-3-11(19)15-2)20-12(7-13,8-14)4-6-17/h3,5,9-10,17H,4,6-8H2,1-2H3,(H,15,19)/b5-3-/t10-,12+/m1/s1. The zero-order valence-electron chi connectivity index (χ0n) is 11.5. The van der Waals surface area contributed by atoms with Crippen LogP contribution in [0.1, 0.15) is 13.3 Å². The van der Waals surface area contributed by atoms with E-state index in [4.69, 9.17) is 21.4 Å². The molecular formula is C12H20ClFN2O4. The Balaban J connectivity index is 4.82. The van der Waals surface area contributed by atoms with E-state index in [2.05, 4.69) is 5.32 Å². The lowest BCUT2D eigenvalue weighted by molar-refractivity contribution is -0.152. The van der Waals surface area contributed by atoms with Gasteiger partial charge in [0.25, 0.3) is 0 Å². The maximum Gasteiger partial charge on any atom is 0.245 e. The van der Waals surface area contributed by atoms with Gasteiger partial charge in [0.15, 0.2) is 0 Å². The molecule has 0 aliphatic heterocycles. The summed E-state index contributed by atoms with van der Waals surface area (Å²) in [7, 11) is 1.45. The minimum absolute atomic E-state index is 0.00317. The first-order valence-electron chi connectivity index (χ1n) is 6.02. The van der Waals surface area contributed by atoms with Crippen molar-refractivity contribution in [2.75, 3.05) is 26.2 Å². The van der Waals surface area contributed by atoms with E-state index in [1.807, 2.05) is 0 Å². The molecule has 6 nitrogen and oxygen atoms in total. The maximum atomic E-state index is 13.1. The van der Waals surface area contributed by atoms with Gasteiger partial charge in [0, 0.05) is 32.4 Å². The second-order valence-electron chi connectivity index (χ2n) is 4.12. The van der Waals surface area contributed by atoms with Crippen LogP contribution in [0.25, 0.3) is 0 Å². The summed E-state index contributed by atoms with van der Waals surface area (Å²) in [6, 6.07) is 0. The summed E-state index contributed by atoms with van der Waals surface area (Å²) in [6.07, 6.45) is 1.96. The predicted octanol–water partition coefficient (Wildman–Crippen LogP) is 0.397. The molecule has 116 valence electrons. The largest absolute Gasteiger partial charge is 0.396 e. The van der Waals surface area contributed by atoms with Gasteiger partial charge in [0.1, 0.15) is 18.5 Å². The van der Waals surface area contributed by atoms with Crippen LogP contribution in [0.5, 0.6) is 0 Å². The van der Waals surface area contributed by atoms with Crippen LogP contribution >= 0.6 is 11.6 Å². The van der Waals surface area contributed by atoms with Crippen molar-refractivity contribution in [3.63, 3.8) is 0 Å². The zero-order chi connectivity index (χ0) is 15.6. The Morgan fingerprint density at radius 1 is 1.65 bits per heavy atom. The van der Waals surface area contributed by atoms with E-state index in [-0.39, 0.29) is 18.9 Å². The number of ether oxygens (including phenoxy) is 1. The van der Waals surface area contributed by atoms with Crippen LogP contribution in [0.2, 0.25) is 0 Å². The molecular weight excluding hydrogens is 291 g/mol. The molecule has 0 heterocycles. The van der Waals surface area contributed by atoms with Gasteiger partial charge in [-0.25, -0.2) is 4.39 Å². The Bertz CT molecular complexity index is 337. The van der Waals surface area contributed by atoms with Crippen molar-refractivity contribution < 1.29 is 23.8 Å². The number of alkyl halides is 2. The van der Waals surface area contributed by atoms with Crippen molar-refractivity contribution in [1.29, 1.82) is 0 Å². The Morgan fingerprint density at radius 3 is 2.70 bits per heavy atom. The van der Waals surface area contributed by atoms with Gasteiger partial charge in [-0.15, -0.1) is 11.6 Å². The van der Waals surface area contributed by atoms with Crippen LogP contribution in [0.15, 0.2) is 12.3 Å². The summed E-state index contributed by atoms with van der Waals surface area (Å²) in [6.45, 7) is 0.322. The molecule has 0 aliphatic carbocycles. The number of likely N-dealkylation sites (N-methyl/N-ethyl adjacent to an activating group) is 1. The number of nitrogens with one attached hydrogen (secondary N) is 1. The van der Waals surface area contributed by atoms with Crippen LogP contribution in [0.3, 0.4) is 0 Å². The number of amides is 2. The fourth-order valence-electron chi connectivity index (χ4n) is 1.40. The van der Waals surface area contributed by atoms with Crippen LogP contribution < -0.4 is 5.32 Å². The number of hydrogen-bond acceptors (Lipinski definition) is 4. The minimum Gasteiger partial charge on any atom is -0.396 e. The topological polar surface area (TPSA) is 78.9 Å². The van der Waals surface area contributed by atoms with E-state index in [0.717, 1.165) is 11.0 Å². The molecule has 0 bridgehead atoms. The molecule has 0 rings (SSSR count). The molecule has 0 spiro atoms. The van der Waals surface area contributed by atoms with Gasteiger partial charge >= 0.3 is 0 Å². The molecule has 0 aromatic rings. The minimum atomic E-state index is -1.36. The van der Waals surface area contributed by atoms with E-state index < -0.39 is 24.4 Å². The SMILES string of the molecule is CNC(=O)/C=C\N(C=O)[C@@H](C)O[C@](CF)(CCl)CCO. The van der Waals surface area contributed by atoms with E-state index in [1.165, 1.54) is 20.2 Å². The molecule has 2 N–H and O–H groups in total. The number of halogens is 2. The van der Waals surface area contributed by atoms with Gasteiger partial charge in [0.2, 0.25) is 12.3 Å². The fourth-order valence-corrected chi connectivity index (χ4v) is 1.66. The Morgan fingerprint density at radius 2 is 2.30 bits per heavy atom. The molecule has 0 aromatic carbocycles. The summed E-state index contributed by atoms with van der Waals surface area (Å²) < 4.78 is 18.5. The predicted molar refractivity (Wildman–Crippen MR) is 72.8 cm³/mol. The summed E-state index contributed by atoms with van der Waals surface area (Å²) in [4.78, 5) is 23.1. The highest BCUT2D eigenvalue weighted by Gasteiger charge is 2.33. The Labute approximate surface area is 122 Å². The molecule has 20 heavy (non-hydrogen) atoms. The van der Waals surface area contributed by atoms with Crippen molar-refractivity contribution in [3.05, 3.63) is 12.3 Å². The third-order valence-corrected chi connectivity index (χ3v) is 3.15. The lowest BCUT2D eigenvalue weighted by atomic mass is 10.0. The van der Waals surface area contributed by atoms with E-state index in [1.54, 1.807) is 0 Å². The van der Waals surface area contributed by atoms with Gasteiger partial charge in [-0.3, -0.25) is 14.5 Å². The lowest BCUT2D eigenvalue weighted by Crippen LogP contribution is -2.45. The molecule has 0 aromatic heterocycles. The third kappa shape index (κ3) is 5.85. The number of nitrogens with zero attached hydrogens (tertiary/aromatic N) is 1. The average Bonchev–Trinajstić information content (AvgIpc) is 2.46. The van der Waals surface area contributed by atoms with Crippen LogP contribution in [-0.2, 0) is 14.3 Å². The van der Waals surface area contributed by atoms with Crippen LogP contribution in [0, 0.1) is 0 Å². The third-order valence-electron chi connectivity index (χ3n) is 2.66. The number of carbonyl (C=O) groups excluding carboxylic acids is 2. The van der Waals surface area contributed by atoms with Crippen molar-refractivity contribution >= 4 is 23.9 Å². The van der Waals surface area contributed by atoms with Crippen molar-refractivity contribution in [3.8, 4) is 0 Å². The number of aliphatic hydroxyl groups is 1. The average molecular weight is 311 g/mol. The molecule has 0 fully saturated rings. The van der Waals surface area contributed by atoms with E-state index >= 15 is 0 Å². The highest BCUT2D eigenvalue weighted by molar-refractivity contribution is 6.18. The molecule has 2 atom stereocenters. The monoisotopic (exact) mass is 310 g/mol. The molecule has 0 saturated carbocycles. The van der Waals surface area contributed by atoms with Crippen LogP contribution in [0.4, 0.5) is 4.39 Å². The zero-order valence-corrected chi connectivity index (χ0v) is 12.3. The Kier molecular flexibility index (Phi) is 9.11. The number of carbonyl (C=O) groups is 2. The van der Waals surface area contributed by atoms with Crippen molar-refractivity contribution in [1.82, 2.24) is 10.2 Å². The quantitative estimate of drug-likeness (QED) is 0.265. The summed E-state index contributed by atoms with van der Waals surface area (Å²) in [5.41, 5.74) is -1.36. The van der Waals surface area contributed by atoms with E-state index in [0.29, 0.717) is 6.41 Å². The number of hydrogen-bond donors (Lipinski definition) is 2. The van der Waals surface area contributed by atoms with Crippen molar-refractivity contribution in [2.45, 2.75) is 25.2 Å². The lowest BCUT2D eigenvalue weighted by Gasteiger charge is -2.34. The summed E-state index contributed by atoms with van der Waals surface area (Å²) in [5, 5.41) is 11.3. The van der Waals surface area contributed by atoms with Gasteiger partial charge in [-0.05, 0) is 6.92 Å². The van der Waals surface area contributed by atoms with E-state index in [9.17, 15) is 14.0 Å². The first-order chi connectivity index (χ1) is 9.48. The maximum absolute atomic E-state index is 13.1. The summed E-state index contributed by atoms with van der Waals surface area (Å²) >= 11 is 5.68. The molecule has 2 amide bonds. The van der Waals surface area contributed by atoms with Crippen molar-refractivity contribution in [2.24, 2.45) is 0 Å². The van der Waals surface area contributed by atoms with Gasteiger partial charge < -0.3 is 15.2 Å². The van der Waals surface area contributed by atoms with Gasteiger partial charge in [-0.2, -0.15) is 0 Å². The highest BCUT2D eigenvalue weighted by atomic mass is 35.5. The molecule has 8 heteroatoms. The number of aliphatic hydroxyl groups excluding tert-OH is 1. The molecule has 0 unspecified atom stereocenters. The smallest absolute Gasteiger partial charge is 0.245 e. The van der Waals surface area contributed by atoms with Gasteiger partial charge in [0.05, 0.1) is 5.88 Å². The molecule has 0 radical (unpaired) electrons. The normalized spacial score (nSPS) is 15.7. The second kappa shape index (κ2) is 9.68. The summed E-state index contributed by atoms with van der Waals surface area (Å²) in [5.74, 6) is -0.561. The van der Waals surface area contributed by atoms with Gasteiger partial charge in [-0.1, -0.05) is 0 Å². The Hall–Kier alpha value is -1.18. The first kappa shape index (κ1) is 18.8. The molecule has 0 saturated heterocycles. The second-order valence-corrected chi connectivity index (χ2v) is 4.39. The first-order valence-corrected chi connectivity index (χ1v) is 6.55. The number of rotatable bonds is 10.